The van der Waals surface area contributed by atoms with E-state index in [0.717, 1.165) is 39.6 Å². The van der Waals surface area contributed by atoms with Crippen LogP contribution in [0.25, 0.3) is 22.2 Å². The number of nitrogens with two attached hydrogens (primary N) is 1. The van der Waals surface area contributed by atoms with Crippen molar-refractivity contribution in [3.05, 3.63) is 71.8 Å². The van der Waals surface area contributed by atoms with Crippen LogP contribution in [0.5, 0.6) is 0 Å². The predicted octanol–water partition coefficient (Wildman–Crippen LogP) is 3.66. The summed E-state index contributed by atoms with van der Waals surface area (Å²) in [6.45, 7) is 2.12. The molecule has 2 atom stereocenters. The summed E-state index contributed by atoms with van der Waals surface area (Å²) in [5.41, 5.74) is 9.43. The van der Waals surface area contributed by atoms with Crippen LogP contribution < -0.4 is 10.6 Å². The molecule has 1 aliphatic heterocycles. The summed E-state index contributed by atoms with van der Waals surface area (Å²) in [6, 6.07) is 19.9. The molecule has 4 aromatic rings. The molecule has 0 bridgehead atoms. The highest BCUT2D eigenvalue weighted by molar-refractivity contribution is 6.01. The van der Waals surface area contributed by atoms with Crippen molar-refractivity contribution in [1.82, 2.24) is 20.6 Å². The first-order chi connectivity index (χ1) is 16.0. The number of anilines is 1. The number of rotatable bonds is 5. The van der Waals surface area contributed by atoms with Gasteiger partial charge in [0, 0.05) is 17.2 Å². The van der Waals surface area contributed by atoms with Crippen LogP contribution in [-0.2, 0) is 22.6 Å². The Morgan fingerprint density at radius 2 is 1.88 bits per heavy atom. The fourth-order valence-electron chi connectivity index (χ4n) is 4.72. The number of aryl methyl sites for hydroxylation is 1. The van der Waals surface area contributed by atoms with E-state index in [1.54, 1.807) is 6.92 Å². The number of carbonyl (C=O) groups excluding carboxylic acids is 2. The molecule has 34 heavy (non-hydrogen) atoms. The molecule has 5 rings (SSSR count). The number of nitrogens with one attached hydrogen (secondary N) is 1. The van der Waals surface area contributed by atoms with Gasteiger partial charge in [-0.3, -0.25) is 9.59 Å². The van der Waals surface area contributed by atoms with Gasteiger partial charge in [0.05, 0.1) is 12.5 Å². The second-order valence-corrected chi connectivity index (χ2v) is 8.44. The van der Waals surface area contributed by atoms with Crippen molar-refractivity contribution >= 4 is 40.7 Å². The Bertz CT molecular complexity index is 1340. The summed E-state index contributed by atoms with van der Waals surface area (Å²) in [5, 5.41) is 16.4. The van der Waals surface area contributed by atoms with Crippen molar-refractivity contribution in [3.8, 4) is 11.4 Å². The highest BCUT2D eigenvalue weighted by atomic mass is 35.5. The lowest BCUT2D eigenvalue weighted by Gasteiger charge is -2.28. The molecule has 0 spiro atoms. The number of hydrogen-bond acceptors (Lipinski definition) is 5. The molecule has 1 aliphatic rings. The average Bonchev–Trinajstić information content (AvgIpc) is 3.33. The van der Waals surface area contributed by atoms with E-state index >= 15 is 0 Å². The minimum Gasteiger partial charge on any atom is -0.369 e. The van der Waals surface area contributed by atoms with E-state index in [-0.39, 0.29) is 18.3 Å². The first-order valence-electron chi connectivity index (χ1n) is 11.0. The quantitative estimate of drug-likeness (QED) is 0.455. The zero-order chi connectivity index (χ0) is 22.9. The third-order valence-corrected chi connectivity index (χ3v) is 6.57. The second-order valence-electron chi connectivity index (χ2n) is 8.44. The number of halogens is 1. The molecule has 0 radical (unpaired) electrons. The predicted molar refractivity (Wildman–Crippen MR) is 132 cm³/mol. The molecule has 0 saturated heterocycles. The molecular weight excluding hydrogens is 452 g/mol. The third-order valence-electron chi connectivity index (χ3n) is 6.57. The van der Waals surface area contributed by atoms with Gasteiger partial charge in [-0.15, -0.1) is 22.6 Å². The minimum atomic E-state index is -0.535. The van der Waals surface area contributed by atoms with Gasteiger partial charge < -0.3 is 10.6 Å². The molecule has 2 amide bonds. The van der Waals surface area contributed by atoms with E-state index in [1.165, 1.54) is 0 Å². The number of hydrogen-bond donors (Lipinski definition) is 2. The number of H-pyrrole nitrogens is 1. The van der Waals surface area contributed by atoms with Gasteiger partial charge in [0.2, 0.25) is 17.6 Å². The topological polar surface area (TPSA) is 118 Å². The zero-order valence-corrected chi connectivity index (χ0v) is 19.5. The number of primary amides is 1. The highest BCUT2D eigenvalue weighted by Crippen LogP contribution is 2.35. The van der Waals surface area contributed by atoms with Crippen LogP contribution in [-0.4, -0.2) is 32.4 Å². The second kappa shape index (κ2) is 9.61. The monoisotopic (exact) mass is 476 g/mol. The van der Waals surface area contributed by atoms with Gasteiger partial charge in [0.15, 0.2) is 0 Å². The van der Waals surface area contributed by atoms with Crippen molar-refractivity contribution in [1.29, 1.82) is 0 Å². The lowest BCUT2D eigenvalue weighted by Crippen LogP contribution is -2.41. The van der Waals surface area contributed by atoms with Crippen LogP contribution in [0.2, 0.25) is 0 Å². The summed E-state index contributed by atoms with van der Waals surface area (Å²) in [4.78, 5) is 27.5. The maximum absolute atomic E-state index is 13.7. The maximum atomic E-state index is 13.7. The Kier molecular flexibility index (Phi) is 6.61. The van der Waals surface area contributed by atoms with E-state index in [0.29, 0.717) is 18.8 Å². The van der Waals surface area contributed by atoms with Crippen LogP contribution in [0.1, 0.15) is 24.5 Å². The average molecular weight is 477 g/mol. The molecule has 3 aromatic carbocycles. The Balaban J connectivity index is 0.00000274. The summed E-state index contributed by atoms with van der Waals surface area (Å²) in [5.74, 6) is -0.998. The minimum absolute atomic E-state index is 0. The van der Waals surface area contributed by atoms with Crippen molar-refractivity contribution in [2.45, 2.75) is 26.3 Å². The van der Waals surface area contributed by atoms with Gasteiger partial charge in [-0.05, 0) is 46.0 Å². The molecule has 3 N–H and O–H groups in total. The molecule has 9 heteroatoms. The van der Waals surface area contributed by atoms with E-state index in [4.69, 9.17) is 5.73 Å². The maximum Gasteiger partial charge on any atom is 0.231 e. The van der Waals surface area contributed by atoms with Gasteiger partial charge >= 0.3 is 0 Å². The largest absolute Gasteiger partial charge is 0.369 e. The van der Waals surface area contributed by atoms with Crippen LogP contribution in [0.4, 0.5) is 5.69 Å². The summed E-state index contributed by atoms with van der Waals surface area (Å²) >= 11 is 0. The van der Waals surface area contributed by atoms with Gasteiger partial charge in [-0.25, -0.2) is 0 Å². The number of benzene rings is 3. The smallest absolute Gasteiger partial charge is 0.231 e. The molecular formula is C25H25ClN6O2. The van der Waals surface area contributed by atoms with Gasteiger partial charge in [0.1, 0.15) is 0 Å². The van der Waals surface area contributed by atoms with E-state index in [9.17, 15) is 9.59 Å². The molecule has 8 nitrogen and oxygen atoms in total. The lowest BCUT2D eigenvalue weighted by atomic mass is 9.88. The van der Waals surface area contributed by atoms with E-state index in [1.807, 2.05) is 65.6 Å². The first kappa shape index (κ1) is 23.4. The molecule has 1 aromatic heterocycles. The molecule has 0 fully saturated rings. The number of tetrazole rings is 1. The molecule has 2 heterocycles. The van der Waals surface area contributed by atoms with E-state index < -0.39 is 17.7 Å². The Hall–Kier alpha value is -3.78. The Morgan fingerprint density at radius 1 is 1.12 bits per heavy atom. The van der Waals surface area contributed by atoms with Crippen LogP contribution in [0.15, 0.2) is 60.7 Å². The van der Waals surface area contributed by atoms with Gasteiger partial charge in [-0.2, -0.15) is 5.21 Å². The molecule has 0 saturated carbocycles. The molecule has 174 valence electrons. The standard InChI is InChI=1S/C25H24N6O2.ClH/c1-15(23(26)32)18-13-12-16-6-2-3-11-22(16)31(25(18)33)14-17-7-4-9-20-19(17)8-5-10-21(20)24-27-29-30-28-24;/h2-11,15,18H,12-14H2,1H3,(H2,26,32)(H,27,28,29,30);1H/t15?,18-;/m0./s1. The Labute approximate surface area is 202 Å². The van der Waals surface area contributed by atoms with E-state index in [2.05, 4.69) is 20.6 Å². The number of aromatic nitrogens is 4. The normalized spacial score (nSPS) is 16.4. The van der Waals surface area contributed by atoms with Gasteiger partial charge in [0.25, 0.3) is 0 Å². The zero-order valence-electron chi connectivity index (χ0n) is 18.6. The van der Waals surface area contributed by atoms with Crippen molar-refractivity contribution in [3.63, 3.8) is 0 Å². The Morgan fingerprint density at radius 3 is 2.65 bits per heavy atom. The SMILES string of the molecule is CC(C(N)=O)[C@@H]1CCc2ccccc2N(Cc2cccc3c(-c4nn[nH]n4)cccc23)C1=O.Cl. The number of nitrogens with zero attached hydrogens (tertiary/aromatic N) is 4. The number of aromatic amines is 1. The molecule has 0 aliphatic carbocycles. The van der Waals surface area contributed by atoms with Crippen LogP contribution in [0, 0.1) is 11.8 Å². The van der Waals surface area contributed by atoms with Crippen molar-refractivity contribution in [2.24, 2.45) is 17.6 Å². The van der Waals surface area contributed by atoms with Crippen molar-refractivity contribution in [2.75, 3.05) is 4.90 Å². The third kappa shape index (κ3) is 4.12. The van der Waals surface area contributed by atoms with Crippen molar-refractivity contribution < 1.29 is 9.59 Å². The summed E-state index contributed by atoms with van der Waals surface area (Å²) in [7, 11) is 0. The summed E-state index contributed by atoms with van der Waals surface area (Å²) in [6.07, 6.45) is 1.31. The van der Waals surface area contributed by atoms with Crippen LogP contribution in [0.3, 0.4) is 0 Å². The number of para-hydroxylation sites is 1. The van der Waals surface area contributed by atoms with Gasteiger partial charge in [-0.1, -0.05) is 61.5 Å². The number of fused-ring (bicyclic) bond motifs is 2. The van der Waals surface area contributed by atoms with Crippen LogP contribution >= 0.6 is 12.4 Å². The number of carbonyl (C=O) groups is 2. The lowest BCUT2D eigenvalue weighted by molar-refractivity contribution is -0.131. The fraction of sp³-hybridized carbons (Fsp3) is 0.240. The molecule has 1 unspecified atom stereocenters. The first-order valence-corrected chi connectivity index (χ1v) is 11.0. The number of amides is 2. The fourth-order valence-corrected chi connectivity index (χ4v) is 4.72. The highest BCUT2D eigenvalue weighted by Gasteiger charge is 2.36. The summed E-state index contributed by atoms with van der Waals surface area (Å²) < 4.78 is 0.